The van der Waals surface area contributed by atoms with Gasteiger partial charge in [0.2, 0.25) is 0 Å². The summed E-state index contributed by atoms with van der Waals surface area (Å²) in [4.78, 5) is 15.5. The van der Waals surface area contributed by atoms with Crippen LogP contribution in [0.2, 0.25) is 0 Å². The van der Waals surface area contributed by atoms with Crippen LogP contribution in [0.4, 0.5) is 0 Å². The van der Waals surface area contributed by atoms with Crippen molar-refractivity contribution < 1.29 is 9.90 Å². The van der Waals surface area contributed by atoms with Gasteiger partial charge < -0.3 is 5.11 Å². The maximum absolute atomic E-state index is 11.0. The zero-order valence-corrected chi connectivity index (χ0v) is 10.9. The van der Waals surface area contributed by atoms with Gasteiger partial charge in [0.15, 0.2) is 0 Å². The number of hydrogen-bond donors (Lipinski definition) is 1. The van der Waals surface area contributed by atoms with Crippen LogP contribution in [-0.4, -0.2) is 16.1 Å². The molecular formula is C15H17NO2. The minimum Gasteiger partial charge on any atom is -0.481 e. The van der Waals surface area contributed by atoms with Gasteiger partial charge >= 0.3 is 5.97 Å². The number of aliphatic carboxylic acids is 1. The third kappa shape index (κ3) is 2.21. The van der Waals surface area contributed by atoms with Gasteiger partial charge in [-0.1, -0.05) is 13.0 Å². The highest BCUT2D eigenvalue weighted by Crippen LogP contribution is 2.23. The summed E-state index contributed by atoms with van der Waals surface area (Å²) in [6.45, 7) is 5.70. The van der Waals surface area contributed by atoms with Gasteiger partial charge in [0.05, 0.1) is 17.1 Å². The summed E-state index contributed by atoms with van der Waals surface area (Å²) in [7, 11) is 0. The first kappa shape index (κ1) is 12.6. The van der Waals surface area contributed by atoms with Crippen LogP contribution in [0.15, 0.2) is 24.3 Å². The van der Waals surface area contributed by atoms with E-state index >= 15 is 0 Å². The van der Waals surface area contributed by atoms with Gasteiger partial charge in [-0.15, -0.1) is 0 Å². The Morgan fingerprint density at radius 3 is 2.72 bits per heavy atom. The second kappa shape index (κ2) is 4.77. The molecule has 1 heterocycles. The molecule has 0 fully saturated rings. The molecule has 0 saturated heterocycles. The van der Waals surface area contributed by atoms with Crippen molar-refractivity contribution in [3.8, 4) is 0 Å². The number of rotatable bonds is 3. The van der Waals surface area contributed by atoms with Crippen molar-refractivity contribution in [1.82, 2.24) is 4.98 Å². The first-order valence-electron chi connectivity index (χ1n) is 6.16. The Bertz CT molecular complexity index is 605. The number of carboxylic acids is 1. The summed E-state index contributed by atoms with van der Waals surface area (Å²) in [6, 6.07) is 8.15. The summed E-state index contributed by atoms with van der Waals surface area (Å²) in [5, 5.41) is 10.2. The summed E-state index contributed by atoms with van der Waals surface area (Å²) in [5.74, 6) is -1.41. The number of carbonyl (C=O) groups is 1. The summed E-state index contributed by atoms with van der Waals surface area (Å²) < 4.78 is 0. The molecule has 0 aliphatic heterocycles. The molecule has 2 aromatic rings. The number of nitrogens with zero attached hydrogens (tertiary/aromatic N) is 1. The van der Waals surface area contributed by atoms with Gasteiger partial charge in [0, 0.05) is 5.39 Å². The Balaban J connectivity index is 2.59. The quantitative estimate of drug-likeness (QED) is 0.899. The molecule has 0 aliphatic rings. The van der Waals surface area contributed by atoms with E-state index in [-0.39, 0.29) is 0 Å². The SMILES string of the molecule is CCc1ccc2nc(C(C)C(=O)O)c(C)cc2c1. The van der Waals surface area contributed by atoms with E-state index in [1.54, 1.807) is 6.92 Å². The fraction of sp³-hybridized carbons (Fsp3) is 0.333. The molecule has 2 rings (SSSR count). The molecule has 0 spiro atoms. The van der Waals surface area contributed by atoms with Crippen LogP contribution in [-0.2, 0) is 11.2 Å². The van der Waals surface area contributed by atoms with Crippen LogP contribution in [0.3, 0.4) is 0 Å². The Morgan fingerprint density at radius 2 is 2.11 bits per heavy atom. The molecule has 0 bridgehead atoms. The number of aromatic nitrogens is 1. The van der Waals surface area contributed by atoms with Crippen molar-refractivity contribution in [1.29, 1.82) is 0 Å². The lowest BCUT2D eigenvalue weighted by atomic mass is 10.00. The average Bonchev–Trinajstić information content (AvgIpc) is 2.36. The minimum absolute atomic E-state index is 0.569. The number of aryl methyl sites for hydroxylation is 2. The monoisotopic (exact) mass is 243 g/mol. The molecule has 1 N–H and O–H groups in total. The first-order chi connectivity index (χ1) is 8.52. The van der Waals surface area contributed by atoms with Crippen molar-refractivity contribution >= 4 is 16.9 Å². The maximum atomic E-state index is 11.0. The highest BCUT2D eigenvalue weighted by Gasteiger charge is 2.18. The average molecular weight is 243 g/mol. The second-order valence-corrected chi connectivity index (χ2v) is 4.63. The molecule has 3 nitrogen and oxygen atoms in total. The molecule has 1 unspecified atom stereocenters. The molecule has 94 valence electrons. The Hall–Kier alpha value is -1.90. The molecule has 1 atom stereocenters. The summed E-state index contributed by atoms with van der Waals surface area (Å²) in [5.41, 5.74) is 3.72. The van der Waals surface area contributed by atoms with Gasteiger partial charge in [-0.05, 0) is 49.6 Å². The van der Waals surface area contributed by atoms with Crippen LogP contribution in [0, 0.1) is 6.92 Å². The van der Waals surface area contributed by atoms with E-state index in [9.17, 15) is 4.79 Å². The Kier molecular flexibility index (Phi) is 3.32. The van der Waals surface area contributed by atoms with Crippen LogP contribution < -0.4 is 0 Å². The topological polar surface area (TPSA) is 50.2 Å². The zero-order valence-electron chi connectivity index (χ0n) is 10.9. The predicted octanol–water partition coefficient (Wildman–Crippen LogP) is 3.29. The second-order valence-electron chi connectivity index (χ2n) is 4.63. The third-order valence-corrected chi connectivity index (χ3v) is 3.30. The van der Waals surface area contributed by atoms with Gasteiger partial charge in [0.1, 0.15) is 0 Å². The molecule has 0 radical (unpaired) electrons. The van der Waals surface area contributed by atoms with E-state index in [2.05, 4.69) is 18.0 Å². The van der Waals surface area contributed by atoms with Crippen LogP contribution >= 0.6 is 0 Å². The van der Waals surface area contributed by atoms with Gasteiger partial charge in [-0.25, -0.2) is 0 Å². The molecular weight excluding hydrogens is 226 g/mol. The van der Waals surface area contributed by atoms with E-state index < -0.39 is 11.9 Å². The predicted molar refractivity (Wildman–Crippen MR) is 71.9 cm³/mol. The normalized spacial score (nSPS) is 12.6. The molecule has 0 aliphatic carbocycles. The highest BCUT2D eigenvalue weighted by molar-refractivity contribution is 5.82. The van der Waals surface area contributed by atoms with Crippen LogP contribution in [0.1, 0.15) is 36.6 Å². The minimum atomic E-state index is -0.838. The lowest BCUT2D eigenvalue weighted by Crippen LogP contribution is -2.11. The van der Waals surface area contributed by atoms with Crippen molar-refractivity contribution in [2.24, 2.45) is 0 Å². The maximum Gasteiger partial charge on any atom is 0.312 e. The van der Waals surface area contributed by atoms with E-state index in [4.69, 9.17) is 5.11 Å². The molecule has 18 heavy (non-hydrogen) atoms. The molecule has 3 heteroatoms. The number of fused-ring (bicyclic) bond motifs is 1. The standard InChI is InChI=1S/C15H17NO2/c1-4-11-5-6-13-12(8-11)7-9(2)14(16-13)10(3)15(17)18/h5-8,10H,4H2,1-3H3,(H,17,18). The van der Waals surface area contributed by atoms with Gasteiger partial charge in [-0.3, -0.25) is 9.78 Å². The van der Waals surface area contributed by atoms with Crippen molar-refractivity contribution in [3.63, 3.8) is 0 Å². The zero-order chi connectivity index (χ0) is 13.3. The molecule has 1 aromatic carbocycles. The van der Waals surface area contributed by atoms with Gasteiger partial charge in [-0.2, -0.15) is 0 Å². The lowest BCUT2D eigenvalue weighted by molar-refractivity contribution is -0.138. The molecule has 0 saturated carbocycles. The van der Waals surface area contributed by atoms with E-state index in [0.29, 0.717) is 5.69 Å². The molecule has 1 aromatic heterocycles. The van der Waals surface area contributed by atoms with Crippen LogP contribution in [0.5, 0.6) is 0 Å². The van der Waals surface area contributed by atoms with E-state index in [0.717, 1.165) is 22.9 Å². The van der Waals surface area contributed by atoms with E-state index in [1.807, 2.05) is 25.1 Å². The first-order valence-corrected chi connectivity index (χ1v) is 6.16. The highest BCUT2D eigenvalue weighted by atomic mass is 16.4. The van der Waals surface area contributed by atoms with Gasteiger partial charge in [0.25, 0.3) is 0 Å². The Morgan fingerprint density at radius 1 is 1.39 bits per heavy atom. The number of hydrogen-bond acceptors (Lipinski definition) is 2. The van der Waals surface area contributed by atoms with Crippen molar-refractivity contribution in [2.75, 3.05) is 0 Å². The summed E-state index contributed by atoms with van der Waals surface area (Å²) in [6.07, 6.45) is 0.988. The number of benzene rings is 1. The number of carboxylic acid groups (broad SMARTS) is 1. The fourth-order valence-electron chi connectivity index (χ4n) is 2.12. The Labute approximate surface area is 106 Å². The van der Waals surface area contributed by atoms with Crippen molar-refractivity contribution in [3.05, 3.63) is 41.1 Å². The molecule has 0 amide bonds. The largest absolute Gasteiger partial charge is 0.481 e. The smallest absolute Gasteiger partial charge is 0.312 e. The number of pyridine rings is 1. The van der Waals surface area contributed by atoms with E-state index in [1.165, 1.54) is 5.56 Å². The fourth-order valence-corrected chi connectivity index (χ4v) is 2.12. The van der Waals surface area contributed by atoms with Crippen LogP contribution in [0.25, 0.3) is 10.9 Å². The lowest BCUT2D eigenvalue weighted by Gasteiger charge is -2.11. The van der Waals surface area contributed by atoms with Crippen molar-refractivity contribution in [2.45, 2.75) is 33.1 Å². The third-order valence-electron chi connectivity index (χ3n) is 3.30. The summed E-state index contributed by atoms with van der Waals surface area (Å²) >= 11 is 0.